The van der Waals surface area contributed by atoms with Crippen LogP contribution in [0.2, 0.25) is 0 Å². The van der Waals surface area contributed by atoms with Crippen molar-refractivity contribution in [2.75, 3.05) is 70.9 Å². The van der Waals surface area contributed by atoms with E-state index in [2.05, 4.69) is 44.2 Å². The maximum absolute atomic E-state index is 14.0. The van der Waals surface area contributed by atoms with E-state index in [1.54, 1.807) is 12.1 Å². The standard InChI is InChI=1S/C24H41FN6/c1-20(2)19-30-13-9-21(10-14-30)28-24(26-3)27-11-6-12-29-15-17-31(18-16-29)23-8-5-4-7-22(23)25/h4-5,7-8,20-21H,6,9-19H2,1-3H3,(H2,26,27,28). The molecule has 7 heteroatoms. The van der Waals surface area contributed by atoms with Gasteiger partial charge in [0.1, 0.15) is 5.82 Å². The van der Waals surface area contributed by atoms with Crippen molar-refractivity contribution in [2.24, 2.45) is 10.9 Å². The Morgan fingerprint density at radius 1 is 1.06 bits per heavy atom. The van der Waals surface area contributed by atoms with Crippen molar-refractivity contribution >= 4 is 11.6 Å². The van der Waals surface area contributed by atoms with E-state index >= 15 is 0 Å². The lowest BCUT2D eigenvalue weighted by atomic mass is 10.0. The topological polar surface area (TPSA) is 46.1 Å². The number of piperazine rings is 1. The summed E-state index contributed by atoms with van der Waals surface area (Å²) in [4.78, 5) is 11.6. The molecule has 0 saturated carbocycles. The van der Waals surface area contributed by atoms with E-state index in [9.17, 15) is 4.39 Å². The van der Waals surface area contributed by atoms with Crippen LogP contribution in [-0.4, -0.2) is 87.8 Å². The highest BCUT2D eigenvalue weighted by Crippen LogP contribution is 2.20. The third-order valence-electron chi connectivity index (χ3n) is 6.28. The second-order valence-electron chi connectivity index (χ2n) is 9.25. The molecule has 0 amide bonds. The van der Waals surface area contributed by atoms with Crippen LogP contribution >= 0.6 is 0 Å². The van der Waals surface area contributed by atoms with Gasteiger partial charge in [0.2, 0.25) is 0 Å². The molecule has 1 aromatic carbocycles. The Bertz CT molecular complexity index is 678. The molecule has 2 fully saturated rings. The van der Waals surface area contributed by atoms with E-state index < -0.39 is 0 Å². The molecule has 2 aliphatic rings. The summed E-state index contributed by atoms with van der Waals surface area (Å²) < 4.78 is 14.0. The highest BCUT2D eigenvalue weighted by molar-refractivity contribution is 5.79. The second kappa shape index (κ2) is 12.2. The van der Waals surface area contributed by atoms with Crippen LogP contribution in [0.3, 0.4) is 0 Å². The van der Waals surface area contributed by atoms with Crippen molar-refractivity contribution in [2.45, 2.75) is 39.2 Å². The predicted octanol–water partition coefficient (Wildman–Crippen LogP) is 2.62. The molecule has 0 radical (unpaired) electrons. The Morgan fingerprint density at radius 3 is 2.42 bits per heavy atom. The maximum Gasteiger partial charge on any atom is 0.191 e. The fourth-order valence-corrected chi connectivity index (χ4v) is 4.59. The number of piperidine rings is 1. The summed E-state index contributed by atoms with van der Waals surface area (Å²) in [5.74, 6) is 1.54. The zero-order valence-electron chi connectivity index (χ0n) is 19.6. The van der Waals surface area contributed by atoms with Crippen LogP contribution < -0.4 is 15.5 Å². The number of nitrogens with one attached hydrogen (secondary N) is 2. The van der Waals surface area contributed by atoms with E-state index in [0.29, 0.717) is 6.04 Å². The van der Waals surface area contributed by atoms with Crippen molar-refractivity contribution in [3.63, 3.8) is 0 Å². The molecule has 0 aromatic heterocycles. The summed E-state index contributed by atoms with van der Waals surface area (Å²) in [6.07, 6.45) is 3.44. The normalized spacial score (nSPS) is 19.8. The van der Waals surface area contributed by atoms with Gasteiger partial charge in [-0.25, -0.2) is 4.39 Å². The van der Waals surface area contributed by atoms with Crippen LogP contribution in [0, 0.1) is 11.7 Å². The number of aliphatic imine (C=N–C) groups is 1. The van der Waals surface area contributed by atoms with Gasteiger partial charge in [-0.2, -0.15) is 0 Å². The number of halogens is 1. The summed E-state index contributed by atoms with van der Waals surface area (Å²) in [7, 11) is 1.85. The summed E-state index contributed by atoms with van der Waals surface area (Å²) in [5, 5.41) is 7.08. The zero-order valence-corrected chi connectivity index (χ0v) is 19.6. The average molecular weight is 433 g/mol. The number of hydrogen-bond acceptors (Lipinski definition) is 4. The summed E-state index contributed by atoms with van der Waals surface area (Å²) in [6, 6.07) is 7.60. The van der Waals surface area contributed by atoms with Gasteiger partial charge in [0.25, 0.3) is 0 Å². The molecule has 0 unspecified atom stereocenters. The van der Waals surface area contributed by atoms with Crippen LogP contribution in [0.5, 0.6) is 0 Å². The molecule has 6 nitrogen and oxygen atoms in total. The molecule has 2 aliphatic heterocycles. The molecule has 2 heterocycles. The van der Waals surface area contributed by atoms with Crippen LogP contribution in [-0.2, 0) is 0 Å². The third-order valence-corrected chi connectivity index (χ3v) is 6.28. The van der Waals surface area contributed by atoms with Gasteiger partial charge < -0.3 is 20.4 Å². The smallest absolute Gasteiger partial charge is 0.191 e. The summed E-state index contributed by atoms with van der Waals surface area (Å²) in [5.41, 5.74) is 0.730. The molecule has 2 N–H and O–H groups in total. The Labute approximate surface area is 187 Å². The maximum atomic E-state index is 14.0. The van der Waals surface area contributed by atoms with Gasteiger partial charge >= 0.3 is 0 Å². The van der Waals surface area contributed by atoms with E-state index in [0.717, 1.165) is 63.3 Å². The minimum Gasteiger partial charge on any atom is -0.367 e. The van der Waals surface area contributed by atoms with Crippen molar-refractivity contribution in [3.8, 4) is 0 Å². The van der Waals surface area contributed by atoms with E-state index in [1.807, 2.05) is 19.2 Å². The quantitative estimate of drug-likeness (QED) is 0.376. The van der Waals surface area contributed by atoms with E-state index in [1.165, 1.54) is 32.5 Å². The molecule has 0 bridgehead atoms. The van der Waals surface area contributed by atoms with Gasteiger partial charge in [0.15, 0.2) is 5.96 Å². The summed E-state index contributed by atoms with van der Waals surface area (Å²) >= 11 is 0. The molecule has 31 heavy (non-hydrogen) atoms. The molecule has 0 atom stereocenters. The fourth-order valence-electron chi connectivity index (χ4n) is 4.59. The largest absolute Gasteiger partial charge is 0.367 e. The van der Waals surface area contributed by atoms with E-state index in [4.69, 9.17) is 0 Å². The average Bonchev–Trinajstić information content (AvgIpc) is 2.77. The number of rotatable bonds is 8. The Balaban J connectivity index is 1.29. The lowest BCUT2D eigenvalue weighted by Crippen LogP contribution is -2.50. The Hall–Kier alpha value is -1.86. The van der Waals surface area contributed by atoms with Gasteiger partial charge in [0, 0.05) is 65.4 Å². The highest BCUT2D eigenvalue weighted by Gasteiger charge is 2.21. The number of hydrogen-bond donors (Lipinski definition) is 2. The van der Waals surface area contributed by atoms with Crippen molar-refractivity contribution in [3.05, 3.63) is 30.1 Å². The van der Waals surface area contributed by atoms with Gasteiger partial charge in [-0.3, -0.25) is 9.89 Å². The molecule has 174 valence electrons. The highest BCUT2D eigenvalue weighted by atomic mass is 19.1. The third kappa shape index (κ3) is 7.65. The van der Waals surface area contributed by atoms with Crippen LogP contribution in [0.15, 0.2) is 29.3 Å². The molecule has 3 rings (SSSR count). The SMILES string of the molecule is CN=C(NCCCN1CCN(c2ccccc2F)CC1)NC1CCN(CC(C)C)CC1. The van der Waals surface area contributed by atoms with Gasteiger partial charge in [-0.1, -0.05) is 26.0 Å². The zero-order chi connectivity index (χ0) is 22.1. The Kier molecular flexibility index (Phi) is 9.40. The minimum atomic E-state index is -0.121. The first-order chi connectivity index (χ1) is 15.0. The number of anilines is 1. The van der Waals surface area contributed by atoms with Gasteiger partial charge in [-0.15, -0.1) is 0 Å². The number of likely N-dealkylation sites (tertiary alicyclic amines) is 1. The number of benzene rings is 1. The van der Waals surface area contributed by atoms with Crippen LogP contribution in [0.1, 0.15) is 33.1 Å². The molecule has 0 spiro atoms. The van der Waals surface area contributed by atoms with Crippen molar-refractivity contribution in [1.82, 2.24) is 20.4 Å². The summed E-state index contributed by atoms with van der Waals surface area (Å²) in [6.45, 7) is 13.8. The predicted molar refractivity (Wildman–Crippen MR) is 128 cm³/mol. The van der Waals surface area contributed by atoms with E-state index in [-0.39, 0.29) is 5.82 Å². The Morgan fingerprint density at radius 2 is 1.77 bits per heavy atom. The lowest BCUT2D eigenvalue weighted by Gasteiger charge is -2.36. The number of guanidine groups is 1. The van der Waals surface area contributed by atoms with Crippen LogP contribution in [0.25, 0.3) is 0 Å². The van der Waals surface area contributed by atoms with Crippen molar-refractivity contribution in [1.29, 1.82) is 0 Å². The lowest BCUT2D eigenvalue weighted by molar-refractivity contribution is 0.187. The first kappa shape index (κ1) is 23.8. The van der Waals surface area contributed by atoms with Crippen molar-refractivity contribution < 1.29 is 4.39 Å². The minimum absolute atomic E-state index is 0.121. The molecule has 1 aromatic rings. The monoisotopic (exact) mass is 432 g/mol. The molecule has 0 aliphatic carbocycles. The molecule has 2 saturated heterocycles. The number of para-hydroxylation sites is 1. The van der Waals surface area contributed by atoms with Gasteiger partial charge in [-0.05, 0) is 43.9 Å². The number of nitrogens with zero attached hydrogens (tertiary/aromatic N) is 4. The second-order valence-corrected chi connectivity index (χ2v) is 9.25. The molecular weight excluding hydrogens is 391 g/mol. The van der Waals surface area contributed by atoms with Gasteiger partial charge in [0.05, 0.1) is 5.69 Å². The van der Waals surface area contributed by atoms with Crippen LogP contribution in [0.4, 0.5) is 10.1 Å². The fraction of sp³-hybridized carbons (Fsp3) is 0.708. The molecular formula is C24H41FN6. The first-order valence-corrected chi connectivity index (χ1v) is 12.0. The first-order valence-electron chi connectivity index (χ1n) is 12.0.